The number of aryl methyl sites for hydroxylation is 2. The predicted molar refractivity (Wildman–Crippen MR) is 74.4 cm³/mol. The summed E-state index contributed by atoms with van der Waals surface area (Å²) >= 11 is 1.12. The smallest absolute Gasteiger partial charge is 0.295 e. The number of nitrogens with zero attached hydrogens (tertiary/aromatic N) is 2. The van der Waals surface area contributed by atoms with E-state index in [-0.39, 0.29) is 5.75 Å². The summed E-state index contributed by atoms with van der Waals surface area (Å²) in [5, 5.41) is 0.581. The van der Waals surface area contributed by atoms with Crippen LogP contribution in [0, 0.1) is 13.8 Å². The minimum absolute atomic E-state index is 0.0225. The van der Waals surface area contributed by atoms with E-state index in [0.717, 1.165) is 23.0 Å². The first-order valence-corrected chi connectivity index (χ1v) is 7.16. The lowest BCUT2D eigenvalue weighted by Gasteiger charge is -2.10. The number of imidazole rings is 1. The molecule has 0 saturated heterocycles. The van der Waals surface area contributed by atoms with Crippen LogP contribution in [0.2, 0.25) is 0 Å². The Morgan fingerprint density at radius 1 is 1.20 bits per heavy atom. The fourth-order valence-electron chi connectivity index (χ4n) is 1.73. The molecule has 2 rings (SSSR count). The molecule has 1 aromatic heterocycles. The van der Waals surface area contributed by atoms with E-state index in [1.807, 2.05) is 36.6 Å². The molecule has 0 aliphatic heterocycles. The summed E-state index contributed by atoms with van der Waals surface area (Å²) in [6.07, 6.45) is -1.56. The summed E-state index contributed by atoms with van der Waals surface area (Å²) in [5.74, 6) is -0.0225. The number of aromatic nitrogens is 2. The molecular formula is C14H15F3N2S. The third-order valence-corrected chi connectivity index (χ3v) is 3.96. The Labute approximate surface area is 120 Å². The first kappa shape index (κ1) is 15.0. The topological polar surface area (TPSA) is 17.8 Å². The predicted octanol–water partition coefficient (Wildman–Crippen LogP) is 4.53. The van der Waals surface area contributed by atoms with Gasteiger partial charge in [-0.15, -0.1) is 0 Å². The average Bonchev–Trinajstić information content (AvgIpc) is 2.79. The maximum atomic E-state index is 12.2. The van der Waals surface area contributed by atoms with Crippen molar-refractivity contribution in [1.29, 1.82) is 0 Å². The molecule has 108 valence electrons. The summed E-state index contributed by atoms with van der Waals surface area (Å²) in [4.78, 5) is 4.12. The molecule has 0 atom stereocenters. The van der Waals surface area contributed by atoms with Gasteiger partial charge in [-0.25, -0.2) is 4.98 Å². The van der Waals surface area contributed by atoms with E-state index in [9.17, 15) is 13.2 Å². The minimum Gasteiger partial charge on any atom is -0.295 e. The third-order valence-electron chi connectivity index (χ3n) is 2.99. The second kappa shape index (κ2) is 5.91. The monoisotopic (exact) mass is 300 g/mol. The Morgan fingerprint density at radius 2 is 1.95 bits per heavy atom. The molecule has 1 aromatic carbocycles. The van der Waals surface area contributed by atoms with Crippen molar-refractivity contribution in [3.05, 3.63) is 41.7 Å². The number of hydrogen-bond acceptors (Lipinski definition) is 2. The van der Waals surface area contributed by atoms with Crippen LogP contribution in [0.4, 0.5) is 13.2 Å². The number of rotatable bonds is 4. The molecule has 0 saturated carbocycles. The highest BCUT2D eigenvalue weighted by molar-refractivity contribution is 7.99. The minimum atomic E-state index is -4.12. The quantitative estimate of drug-likeness (QED) is 0.772. The van der Waals surface area contributed by atoms with Crippen molar-refractivity contribution in [2.24, 2.45) is 0 Å². The van der Waals surface area contributed by atoms with Crippen LogP contribution >= 0.6 is 11.8 Å². The lowest BCUT2D eigenvalue weighted by atomic mass is 10.1. The van der Waals surface area contributed by atoms with E-state index in [2.05, 4.69) is 4.98 Å². The van der Waals surface area contributed by atoms with Gasteiger partial charge in [0.25, 0.3) is 0 Å². The van der Waals surface area contributed by atoms with Gasteiger partial charge in [-0.1, -0.05) is 17.8 Å². The number of halogens is 3. The van der Waals surface area contributed by atoms with E-state index in [0.29, 0.717) is 5.16 Å². The van der Waals surface area contributed by atoms with Crippen molar-refractivity contribution in [1.82, 2.24) is 9.55 Å². The highest BCUT2D eigenvalue weighted by atomic mass is 32.2. The van der Waals surface area contributed by atoms with Gasteiger partial charge in [0, 0.05) is 23.8 Å². The van der Waals surface area contributed by atoms with Gasteiger partial charge < -0.3 is 0 Å². The van der Waals surface area contributed by atoms with Crippen LogP contribution in [0.15, 0.2) is 35.7 Å². The highest BCUT2D eigenvalue weighted by Crippen LogP contribution is 2.27. The summed E-state index contributed by atoms with van der Waals surface area (Å²) in [6, 6.07) is 5.94. The first-order valence-electron chi connectivity index (χ1n) is 6.17. The molecule has 0 aliphatic carbocycles. The Balaban J connectivity index is 2.14. The fraction of sp³-hybridized carbons (Fsp3) is 0.357. The molecule has 2 nitrogen and oxygen atoms in total. The van der Waals surface area contributed by atoms with Gasteiger partial charge in [0.1, 0.15) is 0 Å². The van der Waals surface area contributed by atoms with Crippen LogP contribution in [0.3, 0.4) is 0 Å². The summed E-state index contributed by atoms with van der Waals surface area (Å²) < 4.78 is 38.3. The van der Waals surface area contributed by atoms with Crippen LogP contribution in [0.1, 0.15) is 17.5 Å². The molecule has 0 amide bonds. The first-order chi connectivity index (χ1) is 9.37. The van der Waals surface area contributed by atoms with Crippen LogP contribution < -0.4 is 0 Å². The van der Waals surface area contributed by atoms with Gasteiger partial charge in [0.05, 0.1) is 6.42 Å². The van der Waals surface area contributed by atoms with Gasteiger partial charge >= 0.3 is 6.18 Å². The van der Waals surface area contributed by atoms with Crippen LogP contribution in [-0.2, 0) is 0 Å². The fourth-order valence-corrected chi connectivity index (χ4v) is 2.68. The molecule has 2 aromatic rings. The van der Waals surface area contributed by atoms with E-state index >= 15 is 0 Å². The molecule has 0 unspecified atom stereocenters. The molecule has 0 bridgehead atoms. The molecule has 6 heteroatoms. The molecule has 0 fully saturated rings. The Bertz CT molecular complexity index is 590. The van der Waals surface area contributed by atoms with Gasteiger partial charge in [-0.05, 0) is 37.1 Å². The maximum Gasteiger partial charge on any atom is 0.389 e. The van der Waals surface area contributed by atoms with E-state index in [1.54, 1.807) is 12.4 Å². The van der Waals surface area contributed by atoms with Gasteiger partial charge in [0.2, 0.25) is 0 Å². The number of benzene rings is 1. The molecule has 0 radical (unpaired) electrons. The zero-order valence-electron chi connectivity index (χ0n) is 11.2. The van der Waals surface area contributed by atoms with Crippen LogP contribution in [-0.4, -0.2) is 21.5 Å². The molecular weight excluding hydrogens is 285 g/mol. The molecule has 1 heterocycles. The normalized spacial score (nSPS) is 11.8. The summed E-state index contributed by atoms with van der Waals surface area (Å²) in [7, 11) is 0. The van der Waals surface area contributed by atoms with Gasteiger partial charge in [-0.3, -0.25) is 4.57 Å². The third kappa shape index (κ3) is 3.79. The van der Waals surface area contributed by atoms with Crippen molar-refractivity contribution in [3.63, 3.8) is 0 Å². The van der Waals surface area contributed by atoms with Crippen molar-refractivity contribution >= 4 is 11.8 Å². The molecule has 0 spiro atoms. The highest BCUT2D eigenvalue weighted by Gasteiger charge is 2.26. The van der Waals surface area contributed by atoms with E-state index < -0.39 is 12.6 Å². The van der Waals surface area contributed by atoms with Crippen LogP contribution in [0.5, 0.6) is 0 Å². The number of alkyl halides is 3. The Morgan fingerprint density at radius 3 is 2.60 bits per heavy atom. The standard InChI is InChI=1S/C14H15F3N2S/c1-10-3-4-12(9-11(10)2)19-7-6-18-13(19)20-8-5-14(15,16)17/h3-4,6-7,9H,5,8H2,1-2H3. The van der Waals surface area contributed by atoms with Gasteiger partial charge in [0.15, 0.2) is 5.16 Å². The second-order valence-corrected chi connectivity index (χ2v) is 5.62. The summed E-state index contributed by atoms with van der Waals surface area (Å²) in [5.41, 5.74) is 3.24. The maximum absolute atomic E-state index is 12.2. The SMILES string of the molecule is Cc1ccc(-n2ccnc2SCCC(F)(F)F)cc1C. The number of thioether (sulfide) groups is 1. The average molecular weight is 300 g/mol. The molecule has 20 heavy (non-hydrogen) atoms. The lowest BCUT2D eigenvalue weighted by molar-refractivity contribution is -0.129. The van der Waals surface area contributed by atoms with E-state index in [1.165, 1.54) is 5.56 Å². The molecule has 0 aliphatic rings. The van der Waals surface area contributed by atoms with Crippen molar-refractivity contribution in [2.45, 2.75) is 31.6 Å². The van der Waals surface area contributed by atoms with E-state index in [4.69, 9.17) is 0 Å². The lowest BCUT2D eigenvalue weighted by Crippen LogP contribution is -2.08. The zero-order chi connectivity index (χ0) is 14.8. The van der Waals surface area contributed by atoms with Crippen molar-refractivity contribution in [2.75, 3.05) is 5.75 Å². The summed E-state index contributed by atoms with van der Waals surface area (Å²) in [6.45, 7) is 4.03. The van der Waals surface area contributed by atoms with Crippen molar-refractivity contribution < 1.29 is 13.2 Å². The Hall–Kier alpha value is -1.43. The van der Waals surface area contributed by atoms with Gasteiger partial charge in [-0.2, -0.15) is 13.2 Å². The van der Waals surface area contributed by atoms with Crippen LogP contribution in [0.25, 0.3) is 5.69 Å². The molecule has 0 N–H and O–H groups in total. The number of hydrogen-bond donors (Lipinski definition) is 0. The zero-order valence-corrected chi connectivity index (χ0v) is 12.1. The van der Waals surface area contributed by atoms with Crippen molar-refractivity contribution in [3.8, 4) is 5.69 Å². The Kier molecular flexibility index (Phi) is 4.42. The second-order valence-electron chi connectivity index (χ2n) is 4.56. The largest absolute Gasteiger partial charge is 0.389 e.